The van der Waals surface area contributed by atoms with E-state index in [2.05, 4.69) is 5.32 Å². The smallest absolute Gasteiger partial charge is 0.311 e. The normalized spacial score (nSPS) is 26.2. The van der Waals surface area contributed by atoms with Crippen molar-refractivity contribution in [3.05, 3.63) is 23.7 Å². The van der Waals surface area contributed by atoms with E-state index in [1.807, 2.05) is 0 Å². The van der Waals surface area contributed by atoms with E-state index in [0.29, 0.717) is 18.6 Å². The van der Waals surface area contributed by atoms with Gasteiger partial charge in [-0.1, -0.05) is 12.8 Å². The first kappa shape index (κ1) is 14.6. The highest BCUT2D eigenvalue weighted by atomic mass is 16.4. The molecule has 0 saturated heterocycles. The summed E-state index contributed by atoms with van der Waals surface area (Å²) in [6, 6.07) is 2.82. The van der Waals surface area contributed by atoms with Crippen molar-refractivity contribution in [2.75, 3.05) is 0 Å². The average Bonchev–Trinajstić information content (AvgIpc) is 2.90. The minimum atomic E-state index is -0.919. The van der Waals surface area contributed by atoms with Gasteiger partial charge >= 0.3 is 5.97 Å². The minimum Gasteiger partial charge on any atom is -0.481 e. The van der Waals surface area contributed by atoms with Crippen LogP contribution in [0.2, 0.25) is 0 Å². The second-order valence-corrected chi connectivity index (χ2v) is 5.46. The molecule has 20 heavy (non-hydrogen) atoms. The Labute approximate surface area is 117 Å². The van der Waals surface area contributed by atoms with Crippen molar-refractivity contribution in [2.45, 2.75) is 45.2 Å². The number of hydrogen-bond donors (Lipinski definition) is 3. The summed E-state index contributed by atoms with van der Waals surface area (Å²) in [7, 11) is 0. The summed E-state index contributed by atoms with van der Waals surface area (Å²) in [5, 5.41) is 12.2. The molecule has 0 bridgehead atoms. The van der Waals surface area contributed by atoms with E-state index in [9.17, 15) is 14.7 Å². The standard InChI is InChI=1S/C14H20N2O4/c1-14(13(18)19)7-3-2-4-11(14)16-12(17)10-6-5-9(8-15)20-10/h5-6,11H,2-4,7-8,15H2,1H3,(H,16,17)(H,18,19). The average molecular weight is 280 g/mol. The number of carbonyl (C=O) groups is 2. The minimum absolute atomic E-state index is 0.170. The number of hydrogen-bond acceptors (Lipinski definition) is 4. The molecule has 1 amide bonds. The zero-order valence-electron chi connectivity index (χ0n) is 11.5. The Morgan fingerprint density at radius 3 is 2.85 bits per heavy atom. The molecule has 2 rings (SSSR count). The van der Waals surface area contributed by atoms with Crippen LogP contribution in [0.4, 0.5) is 0 Å². The van der Waals surface area contributed by atoms with E-state index in [1.165, 1.54) is 0 Å². The predicted octanol–water partition coefficient (Wildman–Crippen LogP) is 1.50. The molecule has 1 fully saturated rings. The van der Waals surface area contributed by atoms with Crippen LogP contribution in [0.5, 0.6) is 0 Å². The van der Waals surface area contributed by atoms with Crippen LogP contribution in [0.25, 0.3) is 0 Å². The molecule has 1 heterocycles. The number of nitrogens with two attached hydrogens (primary N) is 1. The molecule has 0 aliphatic heterocycles. The van der Waals surface area contributed by atoms with Crippen molar-refractivity contribution < 1.29 is 19.1 Å². The molecule has 0 radical (unpaired) electrons. The number of carboxylic acids is 1. The number of nitrogens with one attached hydrogen (secondary N) is 1. The molecule has 0 aromatic carbocycles. The monoisotopic (exact) mass is 280 g/mol. The van der Waals surface area contributed by atoms with E-state index in [1.54, 1.807) is 19.1 Å². The van der Waals surface area contributed by atoms with E-state index >= 15 is 0 Å². The maximum Gasteiger partial charge on any atom is 0.311 e. The molecule has 6 heteroatoms. The molecule has 4 N–H and O–H groups in total. The molecule has 1 aromatic heterocycles. The largest absolute Gasteiger partial charge is 0.481 e. The quantitative estimate of drug-likeness (QED) is 0.775. The van der Waals surface area contributed by atoms with Gasteiger partial charge in [-0.2, -0.15) is 0 Å². The second-order valence-electron chi connectivity index (χ2n) is 5.46. The fraction of sp³-hybridized carbons (Fsp3) is 0.571. The third kappa shape index (κ3) is 2.70. The molecule has 1 aliphatic rings. The zero-order chi connectivity index (χ0) is 14.8. The van der Waals surface area contributed by atoms with Gasteiger partial charge in [-0.05, 0) is 31.9 Å². The lowest BCUT2D eigenvalue weighted by Crippen LogP contribution is -2.52. The van der Waals surface area contributed by atoms with Crippen LogP contribution in [0, 0.1) is 5.41 Å². The SMILES string of the molecule is CC1(C(=O)O)CCCCC1NC(=O)c1ccc(CN)o1. The Morgan fingerprint density at radius 1 is 1.50 bits per heavy atom. The number of rotatable bonds is 4. The molecule has 0 spiro atoms. The first-order chi connectivity index (χ1) is 9.47. The Balaban J connectivity index is 2.10. The fourth-order valence-corrected chi connectivity index (χ4v) is 2.66. The number of furan rings is 1. The van der Waals surface area contributed by atoms with Crippen LogP contribution < -0.4 is 11.1 Å². The lowest BCUT2D eigenvalue weighted by Gasteiger charge is -2.38. The van der Waals surface area contributed by atoms with Gasteiger partial charge in [-0.3, -0.25) is 9.59 Å². The van der Waals surface area contributed by atoms with Crippen LogP contribution in [0.3, 0.4) is 0 Å². The summed E-state index contributed by atoms with van der Waals surface area (Å²) in [6.07, 6.45) is 3.02. The van der Waals surface area contributed by atoms with Gasteiger partial charge in [-0.25, -0.2) is 0 Å². The maximum absolute atomic E-state index is 12.1. The maximum atomic E-state index is 12.1. The molecule has 1 aliphatic carbocycles. The number of amides is 1. The Hall–Kier alpha value is -1.82. The Morgan fingerprint density at radius 2 is 2.25 bits per heavy atom. The van der Waals surface area contributed by atoms with E-state index in [0.717, 1.165) is 12.8 Å². The van der Waals surface area contributed by atoms with Gasteiger partial charge in [0.1, 0.15) is 5.76 Å². The molecule has 1 aromatic rings. The van der Waals surface area contributed by atoms with Crippen LogP contribution in [-0.4, -0.2) is 23.0 Å². The molecular weight excluding hydrogens is 260 g/mol. The molecule has 6 nitrogen and oxygen atoms in total. The molecular formula is C14H20N2O4. The molecule has 110 valence electrons. The predicted molar refractivity (Wildman–Crippen MR) is 72.1 cm³/mol. The van der Waals surface area contributed by atoms with E-state index in [4.69, 9.17) is 10.2 Å². The number of carboxylic acid groups (broad SMARTS) is 1. The summed E-state index contributed by atoms with van der Waals surface area (Å²) >= 11 is 0. The van der Waals surface area contributed by atoms with Gasteiger partial charge in [0.05, 0.1) is 12.0 Å². The van der Waals surface area contributed by atoms with Crippen LogP contribution in [-0.2, 0) is 11.3 Å². The zero-order valence-corrected chi connectivity index (χ0v) is 11.5. The highest BCUT2D eigenvalue weighted by Crippen LogP contribution is 2.36. The second kappa shape index (κ2) is 5.66. The van der Waals surface area contributed by atoms with Gasteiger partial charge in [0.15, 0.2) is 5.76 Å². The van der Waals surface area contributed by atoms with Crippen molar-refractivity contribution in [1.82, 2.24) is 5.32 Å². The van der Waals surface area contributed by atoms with Crippen molar-refractivity contribution >= 4 is 11.9 Å². The number of carbonyl (C=O) groups excluding carboxylic acids is 1. The van der Waals surface area contributed by atoms with Gasteiger partial charge in [0.25, 0.3) is 5.91 Å². The van der Waals surface area contributed by atoms with Crippen molar-refractivity contribution in [3.63, 3.8) is 0 Å². The van der Waals surface area contributed by atoms with Crippen LogP contribution in [0.15, 0.2) is 16.5 Å². The Bertz CT molecular complexity index is 511. The van der Waals surface area contributed by atoms with E-state index in [-0.39, 0.29) is 24.3 Å². The van der Waals surface area contributed by atoms with Gasteiger partial charge in [0.2, 0.25) is 0 Å². The van der Waals surface area contributed by atoms with Gasteiger partial charge in [0, 0.05) is 6.04 Å². The van der Waals surface area contributed by atoms with Gasteiger partial charge in [-0.15, -0.1) is 0 Å². The molecule has 2 atom stereocenters. The van der Waals surface area contributed by atoms with Crippen molar-refractivity contribution in [1.29, 1.82) is 0 Å². The Kier molecular flexibility index (Phi) is 4.13. The van der Waals surface area contributed by atoms with Crippen LogP contribution >= 0.6 is 0 Å². The summed E-state index contributed by atoms with van der Waals surface area (Å²) in [5.74, 6) is -0.558. The summed E-state index contributed by atoms with van der Waals surface area (Å²) in [4.78, 5) is 23.6. The van der Waals surface area contributed by atoms with E-state index < -0.39 is 11.4 Å². The van der Waals surface area contributed by atoms with Gasteiger partial charge < -0.3 is 20.6 Å². The van der Waals surface area contributed by atoms with Crippen LogP contribution in [0.1, 0.15) is 48.9 Å². The summed E-state index contributed by atoms with van der Waals surface area (Å²) in [6.45, 7) is 1.91. The lowest BCUT2D eigenvalue weighted by atomic mass is 9.71. The van der Waals surface area contributed by atoms with Crippen molar-refractivity contribution in [2.24, 2.45) is 11.1 Å². The highest BCUT2D eigenvalue weighted by molar-refractivity contribution is 5.92. The fourth-order valence-electron chi connectivity index (χ4n) is 2.66. The van der Waals surface area contributed by atoms with Crippen molar-refractivity contribution in [3.8, 4) is 0 Å². The molecule has 1 saturated carbocycles. The topological polar surface area (TPSA) is 106 Å². The summed E-state index contributed by atoms with van der Waals surface area (Å²) < 4.78 is 5.28. The molecule has 2 unspecified atom stereocenters. The summed E-state index contributed by atoms with van der Waals surface area (Å²) in [5.41, 5.74) is 4.51. The first-order valence-electron chi connectivity index (χ1n) is 6.80. The highest BCUT2D eigenvalue weighted by Gasteiger charge is 2.44. The first-order valence-corrected chi connectivity index (χ1v) is 6.80. The third-order valence-electron chi connectivity index (χ3n) is 4.09. The lowest BCUT2D eigenvalue weighted by molar-refractivity contribution is -0.151. The third-order valence-corrected chi connectivity index (χ3v) is 4.09. The number of aliphatic carboxylic acids is 1.